The normalized spacial score (nSPS) is 16.9. The third-order valence-corrected chi connectivity index (χ3v) is 5.51. The van der Waals surface area contributed by atoms with Crippen molar-refractivity contribution in [2.45, 2.75) is 31.9 Å². The number of nitrogens with zero attached hydrogens (tertiary/aromatic N) is 4. The fourth-order valence-corrected chi connectivity index (χ4v) is 3.64. The molecule has 2 aliphatic rings. The van der Waals surface area contributed by atoms with Crippen LogP contribution in [0.2, 0.25) is 0 Å². The number of amides is 2. The molecule has 0 spiro atoms. The molecule has 2 N–H and O–H groups in total. The van der Waals surface area contributed by atoms with Gasteiger partial charge in [0.1, 0.15) is 0 Å². The third-order valence-electron chi connectivity index (χ3n) is 5.51. The standard InChI is InChI=1S/C24H23F3N6O3/c25-24(26,27)16-7-5-6-15(14-16)21-30-20(36-33-21)11-10-19(34)28-12-3-4-13-29-22-17-8-1-2-9-18(17)23(35)32-31-22/h1-2,5-9,14,18,29H,3-4,10-13H2,(H,28,34). The molecule has 0 radical (unpaired) electrons. The molecule has 1 unspecified atom stereocenters. The molecule has 2 amide bonds. The van der Waals surface area contributed by atoms with E-state index in [0.717, 1.165) is 30.5 Å². The van der Waals surface area contributed by atoms with E-state index in [1.807, 2.05) is 12.2 Å². The number of alkyl halides is 3. The summed E-state index contributed by atoms with van der Waals surface area (Å²) in [7, 11) is 0. The average molecular weight is 500 g/mol. The number of hydrogen-bond donors (Lipinski definition) is 2. The largest absolute Gasteiger partial charge is 0.416 e. The SMILES string of the molecule is O=C(CCc1nc(-c2cccc(C(F)(F)F)c2)no1)NCCCCNC1=C2C=CC=CC2C(=O)N=N1. The Morgan fingerprint density at radius 3 is 2.78 bits per heavy atom. The summed E-state index contributed by atoms with van der Waals surface area (Å²) in [5.74, 6) is -0.101. The molecule has 2 heterocycles. The number of unbranched alkanes of at least 4 members (excludes halogenated alkanes) is 1. The van der Waals surface area contributed by atoms with Crippen molar-refractivity contribution in [3.63, 3.8) is 0 Å². The van der Waals surface area contributed by atoms with E-state index < -0.39 is 17.7 Å². The molecule has 188 valence electrons. The van der Waals surface area contributed by atoms with E-state index in [1.165, 1.54) is 12.1 Å². The Hall–Kier alpha value is -4.09. The van der Waals surface area contributed by atoms with Crippen LogP contribution in [0.4, 0.5) is 13.2 Å². The summed E-state index contributed by atoms with van der Waals surface area (Å²) in [6.45, 7) is 1.07. The lowest BCUT2D eigenvalue weighted by Crippen LogP contribution is -2.26. The van der Waals surface area contributed by atoms with Gasteiger partial charge in [0.15, 0.2) is 5.82 Å². The van der Waals surface area contributed by atoms with Crippen LogP contribution in [0.5, 0.6) is 0 Å². The van der Waals surface area contributed by atoms with Gasteiger partial charge in [-0.15, -0.1) is 10.2 Å². The van der Waals surface area contributed by atoms with E-state index in [0.29, 0.717) is 18.9 Å². The van der Waals surface area contributed by atoms with Gasteiger partial charge >= 0.3 is 6.18 Å². The van der Waals surface area contributed by atoms with Gasteiger partial charge < -0.3 is 15.2 Å². The summed E-state index contributed by atoms with van der Waals surface area (Å²) in [6.07, 6.45) is 4.56. The van der Waals surface area contributed by atoms with Gasteiger partial charge in [-0.1, -0.05) is 41.6 Å². The van der Waals surface area contributed by atoms with Crippen molar-refractivity contribution in [2.24, 2.45) is 16.1 Å². The zero-order chi connectivity index (χ0) is 25.5. The number of carbonyl (C=O) groups is 2. The van der Waals surface area contributed by atoms with E-state index in [1.54, 1.807) is 12.2 Å². The maximum atomic E-state index is 12.9. The molecule has 1 aromatic heterocycles. The number of aryl methyl sites for hydroxylation is 1. The molecule has 0 saturated carbocycles. The predicted molar refractivity (Wildman–Crippen MR) is 122 cm³/mol. The lowest BCUT2D eigenvalue weighted by atomic mass is 9.93. The minimum Gasteiger partial charge on any atom is -0.368 e. The number of benzene rings is 1. The molecule has 12 heteroatoms. The maximum absolute atomic E-state index is 12.9. The highest BCUT2D eigenvalue weighted by Crippen LogP contribution is 2.31. The number of hydrogen-bond acceptors (Lipinski definition) is 7. The second kappa shape index (κ2) is 11.1. The second-order valence-corrected chi connectivity index (χ2v) is 8.14. The van der Waals surface area contributed by atoms with Gasteiger partial charge in [0.25, 0.3) is 5.91 Å². The van der Waals surface area contributed by atoms with Crippen LogP contribution >= 0.6 is 0 Å². The van der Waals surface area contributed by atoms with Gasteiger partial charge in [-0.3, -0.25) is 9.59 Å². The summed E-state index contributed by atoms with van der Waals surface area (Å²) in [5, 5.41) is 17.3. The van der Waals surface area contributed by atoms with Crippen LogP contribution < -0.4 is 10.6 Å². The van der Waals surface area contributed by atoms with Gasteiger partial charge in [-0.2, -0.15) is 18.2 Å². The van der Waals surface area contributed by atoms with Crippen molar-refractivity contribution in [3.05, 3.63) is 71.4 Å². The number of azo groups is 1. The van der Waals surface area contributed by atoms with Crippen molar-refractivity contribution < 1.29 is 27.3 Å². The molecule has 0 bridgehead atoms. The van der Waals surface area contributed by atoms with Crippen LogP contribution in [0.15, 0.2) is 74.7 Å². The lowest BCUT2D eigenvalue weighted by Gasteiger charge is -2.20. The van der Waals surface area contributed by atoms with Crippen molar-refractivity contribution in [2.75, 3.05) is 13.1 Å². The molecule has 0 saturated heterocycles. The molecule has 1 aliphatic heterocycles. The first-order chi connectivity index (χ1) is 17.3. The topological polar surface area (TPSA) is 122 Å². The Balaban J connectivity index is 1.15. The Morgan fingerprint density at radius 2 is 1.94 bits per heavy atom. The van der Waals surface area contributed by atoms with Crippen molar-refractivity contribution >= 4 is 11.8 Å². The molecule has 0 fully saturated rings. The van der Waals surface area contributed by atoms with Crippen molar-refractivity contribution in [1.29, 1.82) is 0 Å². The average Bonchev–Trinajstić information content (AvgIpc) is 3.35. The highest BCUT2D eigenvalue weighted by Gasteiger charge is 2.31. The Bertz CT molecular complexity index is 1250. The van der Waals surface area contributed by atoms with Crippen molar-refractivity contribution in [3.8, 4) is 11.4 Å². The van der Waals surface area contributed by atoms with E-state index in [-0.39, 0.29) is 41.9 Å². The summed E-state index contributed by atoms with van der Waals surface area (Å²) in [5.41, 5.74) is 0.175. The summed E-state index contributed by atoms with van der Waals surface area (Å²) >= 11 is 0. The number of fused-ring (bicyclic) bond motifs is 1. The molecule has 4 rings (SSSR count). The number of aromatic nitrogens is 2. The lowest BCUT2D eigenvalue weighted by molar-refractivity contribution is -0.137. The smallest absolute Gasteiger partial charge is 0.368 e. The first-order valence-corrected chi connectivity index (χ1v) is 11.4. The molecule has 36 heavy (non-hydrogen) atoms. The van der Waals surface area contributed by atoms with Gasteiger partial charge in [0.05, 0.1) is 11.5 Å². The highest BCUT2D eigenvalue weighted by atomic mass is 19.4. The quantitative estimate of drug-likeness (QED) is 0.474. The van der Waals surface area contributed by atoms with Crippen LogP contribution in [0, 0.1) is 5.92 Å². The number of carbonyl (C=O) groups excluding carboxylic acids is 2. The third kappa shape index (κ3) is 6.32. The molecule has 1 atom stereocenters. The first-order valence-electron chi connectivity index (χ1n) is 11.4. The van der Waals surface area contributed by atoms with Crippen LogP contribution in [0.3, 0.4) is 0 Å². The zero-order valence-corrected chi connectivity index (χ0v) is 19.1. The van der Waals surface area contributed by atoms with Gasteiger partial charge in [-0.25, -0.2) is 0 Å². The second-order valence-electron chi connectivity index (χ2n) is 8.14. The predicted octanol–water partition coefficient (Wildman–Crippen LogP) is 4.12. The summed E-state index contributed by atoms with van der Waals surface area (Å²) in [4.78, 5) is 28.0. The van der Waals surface area contributed by atoms with E-state index >= 15 is 0 Å². The van der Waals surface area contributed by atoms with Crippen molar-refractivity contribution in [1.82, 2.24) is 20.8 Å². The molecule has 9 nitrogen and oxygen atoms in total. The minimum absolute atomic E-state index is 0.0352. The van der Waals surface area contributed by atoms with Crippen LogP contribution in [0.25, 0.3) is 11.4 Å². The molecular formula is C24H23F3N6O3. The molecule has 2 aromatic rings. The maximum Gasteiger partial charge on any atom is 0.416 e. The van der Waals surface area contributed by atoms with Gasteiger partial charge in [0, 0.05) is 37.1 Å². The number of rotatable bonds is 10. The zero-order valence-electron chi connectivity index (χ0n) is 19.1. The van der Waals surface area contributed by atoms with Gasteiger partial charge in [-0.05, 0) is 25.0 Å². The van der Waals surface area contributed by atoms with Crippen LogP contribution in [-0.4, -0.2) is 35.0 Å². The molecular weight excluding hydrogens is 477 g/mol. The van der Waals surface area contributed by atoms with E-state index in [2.05, 4.69) is 31.0 Å². The first kappa shape index (κ1) is 25.0. The summed E-state index contributed by atoms with van der Waals surface area (Å²) in [6, 6.07) is 4.65. The Kier molecular flexibility index (Phi) is 7.71. The molecule has 1 aromatic carbocycles. The Morgan fingerprint density at radius 1 is 1.11 bits per heavy atom. The number of halogens is 3. The monoisotopic (exact) mass is 500 g/mol. The number of nitrogens with one attached hydrogen (secondary N) is 2. The Labute approximate surface area is 204 Å². The molecule has 1 aliphatic carbocycles. The minimum atomic E-state index is -4.47. The van der Waals surface area contributed by atoms with Crippen LogP contribution in [0.1, 0.15) is 30.7 Å². The van der Waals surface area contributed by atoms with E-state index in [9.17, 15) is 22.8 Å². The van der Waals surface area contributed by atoms with Gasteiger partial charge in [0.2, 0.25) is 17.6 Å². The fourth-order valence-electron chi connectivity index (χ4n) is 3.64. The van der Waals surface area contributed by atoms with E-state index in [4.69, 9.17) is 4.52 Å². The van der Waals surface area contributed by atoms with Crippen LogP contribution in [-0.2, 0) is 22.2 Å². The highest BCUT2D eigenvalue weighted by molar-refractivity contribution is 5.86. The number of allylic oxidation sites excluding steroid dienone is 3. The summed E-state index contributed by atoms with van der Waals surface area (Å²) < 4.78 is 43.7. The fraction of sp³-hybridized carbons (Fsp3) is 0.333.